The van der Waals surface area contributed by atoms with Crippen molar-refractivity contribution in [1.29, 1.82) is 0 Å². The maximum absolute atomic E-state index is 13.7. The largest absolute Gasteiger partial charge is 0.493 e. The highest BCUT2D eigenvalue weighted by Crippen LogP contribution is 2.36. The normalized spacial score (nSPS) is 19.2. The van der Waals surface area contributed by atoms with Gasteiger partial charge in [-0.1, -0.05) is 41.9 Å². The standard InChI is InChI=1S/C38H47ClN2O8/c1-38(2,3)49-37(43)40-20-18-31(27-14-16-29(17-15-27)45-22-9-23-46-30-11-7-10-28(39)24-30)34(25-40)47-26-35-36(42)41(19-8-21-44-4)32-12-5-6-13-33(32)48-35/h5-7,10-17,24,31,34-35H,8-9,18-23,25-26H2,1-4H3. The second-order valence-electron chi connectivity index (χ2n) is 13.2. The third-order valence-electron chi connectivity index (χ3n) is 8.30. The molecular weight excluding hydrogens is 648 g/mol. The van der Waals surface area contributed by atoms with Crippen molar-refractivity contribution in [3.05, 3.63) is 83.4 Å². The van der Waals surface area contributed by atoms with Gasteiger partial charge in [-0.25, -0.2) is 4.79 Å². The zero-order valence-corrected chi connectivity index (χ0v) is 29.5. The van der Waals surface area contributed by atoms with Crippen molar-refractivity contribution in [3.8, 4) is 17.2 Å². The molecule has 0 bridgehead atoms. The van der Waals surface area contributed by atoms with Crippen LogP contribution in [0.4, 0.5) is 10.5 Å². The fourth-order valence-electron chi connectivity index (χ4n) is 5.96. The van der Waals surface area contributed by atoms with E-state index in [-0.39, 0.29) is 24.5 Å². The highest BCUT2D eigenvalue weighted by molar-refractivity contribution is 6.30. The predicted molar refractivity (Wildman–Crippen MR) is 188 cm³/mol. The van der Waals surface area contributed by atoms with Crippen LogP contribution in [0, 0.1) is 0 Å². The van der Waals surface area contributed by atoms with Gasteiger partial charge < -0.3 is 38.2 Å². The second kappa shape index (κ2) is 17.1. The molecule has 3 unspecified atom stereocenters. The summed E-state index contributed by atoms with van der Waals surface area (Å²) in [6, 6.07) is 22.8. The van der Waals surface area contributed by atoms with Crippen LogP contribution < -0.4 is 19.1 Å². The highest BCUT2D eigenvalue weighted by atomic mass is 35.5. The molecule has 3 atom stereocenters. The van der Waals surface area contributed by atoms with Crippen LogP contribution in [-0.4, -0.2) is 87.9 Å². The number of likely N-dealkylation sites (tertiary alicyclic amines) is 1. The first-order valence-electron chi connectivity index (χ1n) is 16.9. The number of benzene rings is 3. The molecule has 0 aliphatic carbocycles. The number of hydrogen-bond donors (Lipinski definition) is 0. The molecule has 0 radical (unpaired) electrons. The van der Waals surface area contributed by atoms with Crippen LogP contribution in [0.3, 0.4) is 0 Å². The van der Waals surface area contributed by atoms with Gasteiger partial charge >= 0.3 is 6.09 Å². The lowest BCUT2D eigenvalue weighted by atomic mass is 9.87. The van der Waals surface area contributed by atoms with E-state index in [0.29, 0.717) is 69.5 Å². The summed E-state index contributed by atoms with van der Waals surface area (Å²) < 4.78 is 35.3. The molecule has 2 heterocycles. The van der Waals surface area contributed by atoms with E-state index >= 15 is 0 Å². The third kappa shape index (κ3) is 10.3. The van der Waals surface area contributed by atoms with Gasteiger partial charge in [-0.05, 0) is 81.6 Å². The number of amides is 2. The SMILES string of the molecule is COCCCN1C(=O)C(COC2CN(C(=O)OC(C)(C)C)CCC2c2ccc(OCCCOc3cccc(Cl)c3)cc2)Oc2ccccc21. The lowest BCUT2D eigenvalue weighted by molar-refractivity contribution is -0.131. The summed E-state index contributed by atoms with van der Waals surface area (Å²) in [5, 5.41) is 0.638. The van der Waals surface area contributed by atoms with Crippen LogP contribution in [0.5, 0.6) is 17.2 Å². The smallest absolute Gasteiger partial charge is 0.410 e. The number of fused-ring (bicyclic) bond motifs is 1. The van der Waals surface area contributed by atoms with Gasteiger partial charge in [0.05, 0.1) is 38.2 Å². The van der Waals surface area contributed by atoms with Gasteiger partial charge in [-0.2, -0.15) is 0 Å². The van der Waals surface area contributed by atoms with Gasteiger partial charge in [0.15, 0.2) is 0 Å². The zero-order chi connectivity index (χ0) is 34.8. The maximum Gasteiger partial charge on any atom is 0.410 e. The van der Waals surface area contributed by atoms with Crippen molar-refractivity contribution in [1.82, 2.24) is 4.90 Å². The number of hydrogen-bond acceptors (Lipinski definition) is 8. The summed E-state index contributed by atoms with van der Waals surface area (Å²) >= 11 is 6.03. The van der Waals surface area contributed by atoms with Crippen LogP contribution in [-0.2, 0) is 19.0 Å². The molecule has 0 N–H and O–H groups in total. The molecule has 10 nitrogen and oxygen atoms in total. The van der Waals surface area contributed by atoms with Crippen LogP contribution >= 0.6 is 11.6 Å². The summed E-state index contributed by atoms with van der Waals surface area (Å²) in [5.41, 5.74) is 1.18. The van der Waals surface area contributed by atoms with Gasteiger partial charge in [0.25, 0.3) is 5.91 Å². The molecule has 0 saturated carbocycles. The Hall–Kier alpha value is -3.99. The monoisotopic (exact) mass is 694 g/mol. The number of methoxy groups -OCH3 is 1. The molecule has 5 rings (SSSR count). The number of rotatable bonds is 14. The van der Waals surface area contributed by atoms with Crippen molar-refractivity contribution < 1.29 is 38.0 Å². The van der Waals surface area contributed by atoms with E-state index in [1.54, 1.807) is 23.0 Å². The van der Waals surface area contributed by atoms with E-state index in [9.17, 15) is 9.59 Å². The van der Waals surface area contributed by atoms with Crippen molar-refractivity contribution >= 4 is 29.3 Å². The second-order valence-corrected chi connectivity index (χ2v) is 13.6. The van der Waals surface area contributed by atoms with Gasteiger partial charge in [0.2, 0.25) is 6.10 Å². The average Bonchev–Trinajstić information content (AvgIpc) is 3.08. The van der Waals surface area contributed by atoms with Crippen molar-refractivity contribution in [2.45, 2.75) is 63.8 Å². The molecule has 1 saturated heterocycles. The highest BCUT2D eigenvalue weighted by Gasteiger charge is 2.39. The Bertz CT molecular complexity index is 1530. The molecule has 3 aromatic carbocycles. The van der Waals surface area contributed by atoms with E-state index in [2.05, 4.69) is 0 Å². The van der Waals surface area contributed by atoms with E-state index in [1.165, 1.54) is 0 Å². The van der Waals surface area contributed by atoms with Crippen LogP contribution in [0.25, 0.3) is 0 Å². The van der Waals surface area contributed by atoms with E-state index < -0.39 is 17.8 Å². The number of anilines is 1. The maximum atomic E-state index is 13.7. The third-order valence-corrected chi connectivity index (χ3v) is 8.54. The molecular formula is C38H47ClN2O8. The molecule has 2 aliphatic rings. The first-order valence-corrected chi connectivity index (χ1v) is 17.3. The number of nitrogens with zero attached hydrogens (tertiary/aromatic N) is 2. The minimum absolute atomic E-state index is 0.0254. The summed E-state index contributed by atoms with van der Waals surface area (Å²) in [7, 11) is 1.65. The van der Waals surface area contributed by atoms with Gasteiger partial charge in [-0.3, -0.25) is 4.79 Å². The first-order chi connectivity index (χ1) is 23.6. The summed E-state index contributed by atoms with van der Waals surface area (Å²) in [6.07, 6.45) is 0.461. The number of carbonyl (C=O) groups is 2. The number of para-hydroxylation sites is 2. The lowest BCUT2D eigenvalue weighted by Gasteiger charge is -2.40. The van der Waals surface area contributed by atoms with Crippen LogP contribution in [0.1, 0.15) is 51.5 Å². The number of ether oxygens (including phenoxy) is 6. The minimum Gasteiger partial charge on any atom is -0.493 e. The lowest BCUT2D eigenvalue weighted by Crippen LogP contribution is -2.52. The van der Waals surface area contributed by atoms with E-state index in [1.807, 2.05) is 87.5 Å². The van der Waals surface area contributed by atoms with E-state index in [0.717, 1.165) is 22.7 Å². The van der Waals surface area contributed by atoms with Gasteiger partial charge in [0, 0.05) is 44.2 Å². The summed E-state index contributed by atoms with van der Waals surface area (Å²) in [6.45, 7) is 8.49. The number of piperidine rings is 1. The Balaban J connectivity index is 1.23. The molecule has 0 spiro atoms. The van der Waals surface area contributed by atoms with Crippen molar-refractivity contribution in [3.63, 3.8) is 0 Å². The summed E-state index contributed by atoms with van der Waals surface area (Å²) in [4.78, 5) is 30.2. The van der Waals surface area contributed by atoms with Crippen LogP contribution in [0.2, 0.25) is 5.02 Å². The first kappa shape index (κ1) is 36.3. The summed E-state index contributed by atoms with van der Waals surface area (Å²) in [5.74, 6) is 1.93. The fraction of sp³-hybridized carbons (Fsp3) is 0.474. The Morgan fingerprint density at radius 3 is 2.43 bits per heavy atom. The Morgan fingerprint density at radius 1 is 0.939 bits per heavy atom. The average molecular weight is 695 g/mol. The van der Waals surface area contributed by atoms with Crippen LogP contribution in [0.15, 0.2) is 72.8 Å². The molecule has 0 aromatic heterocycles. The molecule has 2 amide bonds. The van der Waals surface area contributed by atoms with Crippen molar-refractivity contribution in [2.75, 3.05) is 58.1 Å². The van der Waals surface area contributed by atoms with Crippen molar-refractivity contribution in [2.24, 2.45) is 0 Å². The molecule has 1 fully saturated rings. The van der Waals surface area contributed by atoms with E-state index in [4.69, 9.17) is 40.0 Å². The topological polar surface area (TPSA) is 96.0 Å². The molecule has 264 valence electrons. The number of carbonyl (C=O) groups excluding carboxylic acids is 2. The zero-order valence-electron chi connectivity index (χ0n) is 28.8. The Kier molecular flexibility index (Phi) is 12.7. The van der Waals surface area contributed by atoms with Gasteiger partial charge in [0.1, 0.15) is 22.8 Å². The minimum atomic E-state index is -0.825. The Morgan fingerprint density at radius 2 is 1.69 bits per heavy atom. The number of halogens is 1. The van der Waals surface area contributed by atoms with Gasteiger partial charge in [-0.15, -0.1) is 0 Å². The fourth-order valence-corrected chi connectivity index (χ4v) is 6.14. The molecule has 3 aromatic rings. The molecule has 49 heavy (non-hydrogen) atoms. The molecule has 2 aliphatic heterocycles. The molecule has 11 heteroatoms. The Labute approximate surface area is 294 Å². The quantitative estimate of drug-likeness (QED) is 0.165. The predicted octanol–water partition coefficient (Wildman–Crippen LogP) is 7.13.